The van der Waals surface area contributed by atoms with Crippen LogP contribution in [-0.2, 0) is 9.53 Å². The summed E-state index contributed by atoms with van der Waals surface area (Å²) in [5, 5.41) is 3.49. The maximum atomic E-state index is 15.9. The third kappa shape index (κ3) is 6.29. The lowest BCUT2D eigenvalue weighted by atomic mass is 9.73. The summed E-state index contributed by atoms with van der Waals surface area (Å²) in [6, 6.07) is 8.38. The molecule has 9 rings (SSSR count). The number of piperazine rings is 1. The number of benzene rings is 2. The normalized spacial score (nSPS) is 24.5. The van der Waals surface area contributed by atoms with Crippen LogP contribution in [-0.4, -0.2) is 104 Å². The number of hydrogen-bond donors (Lipinski definition) is 1. The maximum Gasteiger partial charge on any atom is 0.326 e. The Morgan fingerprint density at radius 1 is 1.15 bits per heavy atom. The molecular formula is C40H45FN6O6. The third-order valence-corrected chi connectivity index (χ3v) is 11.7. The van der Waals surface area contributed by atoms with E-state index in [1.54, 1.807) is 13.3 Å². The van der Waals surface area contributed by atoms with Gasteiger partial charge in [-0.05, 0) is 75.5 Å². The quantitative estimate of drug-likeness (QED) is 0.198. The van der Waals surface area contributed by atoms with E-state index in [0.29, 0.717) is 47.6 Å². The van der Waals surface area contributed by atoms with Gasteiger partial charge in [0.25, 0.3) is 5.91 Å². The van der Waals surface area contributed by atoms with Crippen LogP contribution >= 0.6 is 0 Å². The number of esters is 1. The highest BCUT2D eigenvalue weighted by atomic mass is 19.1. The molecule has 7 heterocycles. The van der Waals surface area contributed by atoms with Gasteiger partial charge in [-0.15, -0.1) is 6.58 Å². The number of nitrogens with one attached hydrogen (secondary N) is 1. The second-order valence-corrected chi connectivity index (χ2v) is 14.8. The lowest BCUT2D eigenvalue weighted by molar-refractivity contribution is -0.156. The number of pyridine rings is 2. The van der Waals surface area contributed by atoms with Crippen molar-refractivity contribution < 1.29 is 28.2 Å². The standard InChI is InChI=1S/C40H45FN6O6/c1-5-24-20-46-11-9-25(24)16-33(46)38(27-8-10-42-32-7-6-26(51-4)17-28(27)32)53-34(48)19-43-40(50)30-21-47-23(2)22-52-39-35(47)29(37(30)49)18-31(41)36(39)45-14-12-44(3)13-15-45/h5-8,10,17-18,21,23-25,33,38H,1,9,11-16,19-20,22H2,2-4H3,(H,43,50)/t23-,24?,25-,33?,38+/m0/s1. The van der Waals surface area contributed by atoms with E-state index >= 15 is 4.39 Å². The number of fused-ring (bicyclic) bond motifs is 4. The van der Waals surface area contributed by atoms with Crippen molar-refractivity contribution in [2.24, 2.45) is 11.8 Å². The number of amides is 1. The first-order chi connectivity index (χ1) is 25.6. The molecule has 13 heteroatoms. The van der Waals surface area contributed by atoms with Crippen LogP contribution in [0.4, 0.5) is 10.1 Å². The van der Waals surface area contributed by atoms with Gasteiger partial charge in [0, 0.05) is 56.1 Å². The number of aromatic nitrogens is 2. The Morgan fingerprint density at radius 2 is 1.96 bits per heavy atom. The lowest BCUT2D eigenvalue weighted by Crippen LogP contribution is -2.55. The summed E-state index contributed by atoms with van der Waals surface area (Å²) < 4.78 is 35.6. The van der Waals surface area contributed by atoms with Crippen molar-refractivity contribution >= 4 is 39.4 Å². The summed E-state index contributed by atoms with van der Waals surface area (Å²) in [7, 11) is 3.63. The van der Waals surface area contributed by atoms with Gasteiger partial charge in [-0.3, -0.25) is 24.3 Å². The van der Waals surface area contributed by atoms with Crippen molar-refractivity contribution in [3.8, 4) is 11.5 Å². The fraction of sp³-hybridized carbons (Fsp3) is 0.450. The molecular weight excluding hydrogens is 679 g/mol. The van der Waals surface area contributed by atoms with E-state index in [4.69, 9.17) is 14.2 Å². The average Bonchev–Trinajstić information content (AvgIpc) is 3.18. The molecule has 4 aromatic rings. The van der Waals surface area contributed by atoms with E-state index in [2.05, 4.69) is 26.7 Å². The molecule has 4 fully saturated rings. The molecule has 6 atom stereocenters. The highest BCUT2D eigenvalue weighted by Crippen LogP contribution is 2.44. The fourth-order valence-electron chi connectivity index (χ4n) is 8.69. The number of likely N-dealkylation sites (N-methyl/N-ethyl adjacent to an activating group) is 1. The number of methoxy groups -OCH3 is 1. The minimum Gasteiger partial charge on any atom is -0.497 e. The number of ether oxygens (including phenoxy) is 3. The number of rotatable bonds is 9. The SMILES string of the molecule is C=CC1CN2CC[C@H]1CC2[C@H](OC(=O)CNC(=O)c1cn2c3c(c(N4CCN(C)CC4)c(F)cc3c1=O)OC[C@@H]2C)c1ccnc2ccc(OC)cc12. The molecule has 0 aliphatic carbocycles. The predicted octanol–water partition coefficient (Wildman–Crippen LogP) is 4.31. The Hall–Kier alpha value is -5.01. The van der Waals surface area contributed by atoms with Crippen molar-refractivity contribution in [2.75, 3.05) is 71.5 Å². The van der Waals surface area contributed by atoms with Crippen LogP contribution in [0, 0.1) is 17.7 Å². The summed E-state index contributed by atoms with van der Waals surface area (Å²) >= 11 is 0. The first-order valence-electron chi connectivity index (χ1n) is 18.4. The first-order valence-corrected chi connectivity index (χ1v) is 18.4. The van der Waals surface area contributed by atoms with Gasteiger partial charge < -0.3 is 33.9 Å². The number of carbonyl (C=O) groups excluding carboxylic acids is 2. The fourth-order valence-corrected chi connectivity index (χ4v) is 8.69. The Kier molecular flexibility index (Phi) is 9.32. The molecule has 1 N–H and O–H groups in total. The maximum absolute atomic E-state index is 15.9. The summed E-state index contributed by atoms with van der Waals surface area (Å²) in [5.41, 5.74) is 1.52. The summed E-state index contributed by atoms with van der Waals surface area (Å²) in [6.07, 6.45) is 6.44. The minimum atomic E-state index is -0.744. The topological polar surface area (TPSA) is 118 Å². The number of halogens is 1. The molecule has 53 heavy (non-hydrogen) atoms. The summed E-state index contributed by atoms with van der Waals surface area (Å²) in [6.45, 7) is 10.2. The zero-order valence-electron chi connectivity index (χ0n) is 30.3. The second kappa shape index (κ2) is 14.1. The summed E-state index contributed by atoms with van der Waals surface area (Å²) in [5.74, 6) is -0.202. The molecule has 12 nitrogen and oxygen atoms in total. The molecule has 5 aliphatic rings. The van der Waals surface area contributed by atoms with Crippen LogP contribution in [0.3, 0.4) is 0 Å². The molecule has 4 saturated heterocycles. The van der Waals surface area contributed by atoms with E-state index in [-0.39, 0.29) is 29.6 Å². The molecule has 0 spiro atoms. The highest BCUT2D eigenvalue weighted by Gasteiger charge is 2.44. The van der Waals surface area contributed by atoms with E-state index in [1.165, 1.54) is 12.3 Å². The predicted molar refractivity (Wildman–Crippen MR) is 199 cm³/mol. The Morgan fingerprint density at radius 3 is 2.70 bits per heavy atom. The van der Waals surface area contributed by atoms with Crippen LogP contribution in [0.2, 0.25) is 0 Å². The average molecular weight is 725 g/mol. The monoisotopic (exact) mass is 724 g/mol. The zero-order chi connectivity index (χ0) is 37.0. The lowest BCUT2D eigenvalue weighted by Gasteiger charge is -2.51. The van der Waals surface area contributed by atoms with E-state index < -0.39 is 35.8 Å². The smallest absolute Gasteiger partial charge is 0.326 e. The van der Waals surface area contributed by atoms with Gasteiger partial charge in [-0.1, -0.05) is 6.08 Å². The third-order valence-electron chi connectivity index (χ3n) is 11.7. The molecule has 1 amide bonds. The molecule has 3 unspecified atom stereocenters. The first kappa shape index (κ1) is 35.0. The van der Waals surface area contributed by atoms with Crippen molar-refractivity contribution in [2.45, 2.75) is 38.0 Å². The van der Waals surface area contributed by atoms with Crippen LogP contribution < -0.4 is 25.1 Å². The van der Waals surface area contributed by atoms with E-state index in [1.807, 2.05) is 53.8 Å². The largest absolute Gasteiger partial charge is 0.497 e. The van der Waals surface area contributed by atoms with Crippen LogP contribution in [0.5, 0.6) is 11.5 Å². The summed E-state index contributed by atoms with van der Waals surface area (Å²) in [4.78, 5) is 52.3. The van der Waals surface area contributed by atoms with E-state index in [9.17, 15) is 14.4 Å². The molecule has 0 radical (unpaired) electrons. The minimum absolute atomic E-state index is 0.0523. The van der Waals surface area contributed by atoms with Gasteiger partial charge in [-0.25, -0.2) is 4.39 Å². The van der Waals surface area contributed by atoms with Crippen molar-refractivity contribution in [1.29, 1.82) is 0 Å². The highest BCUT2D eigenvalue weighted by molar-refractivity contribution is 6.01. The van der Waals surface area contributed by atoms with Crippen molar-refractivity contribution in [1.82, 2.24) is 24.7 Å². The van der Waals surface area contributed by atoms with Crippen LogP contribution in [0.1, 0.15) is 47.8 Å². The van der Waals surface area contributed by atoms with Crippen molar-refractivity contribution in [3.05, 3.63) is 82.5 Å². The molecule has 278 valence electrons. The Bertz CT molecular complexity index is 2170. The second-order valence-electron chi connectivity index (χ2n) is 14.8. The number of carbonyl (C=O) groups is 2. The number of hydrogen-bond acceptors (Lipinski definition) is 10. The van der Waals surface area contributed by atoms with Gasteiger partial charge >= 0.3 is 5.97 Å². The van der Waals surface area contributed by atoms with Gasteiger partial charge in [0.15, 0.2) is 11.6 Å². The van der Waals surface area contributed by atoms with Gasteiger partial charge in [0.05, 0.1) is 35.6 Å². The number of anilines is 1. The zero-order valence-corrected chi connectivity index (χ0v) is 30.3. The van der Waals surface area contributed by atoms with E-state index in [0.717, 1.165) is 55.5 Å². The molecule has 2 bridgehead atoms. The molecule has 5 aliphatic heterocycles. The van der Waals surface area contributed by atoms with Gasteiger partial charge in [0.1, 0.15) is 36.3 Å². The van der Waals surface area contributed by atoms with Crippen molar-refractivity contribution in [3.63, 3.8) is 0 Å². The number of nitrogens with zero attached hydrogens (tertiary/aromatic N) is 5. The van der Waals surface area contributed by atoms with Crippen LogP contribution in [0.15, 0.2) is 60.2 Å². The molecule has 0 saturated carbocycles. The molecule has 2 aromatic heterocycles. The van der Waals surface area contributed by atoms with Crippen LogP contribution in [0.25, 0.3) is 21.8 Å². The van der Waals surface area contributed by atoms with Gasteiger partial charge in [0.2, 0.25) is 5.43 Å². The Balaban J connectivity index is 1.07. The molecule has 2 aromatic carbocycles. The van der Waals surface area contributed by atoms with Gasteiger partial charge in [-0.2, -0.15) is 0 Å². The number of piperidine rings is 3. The Labute approximate surface area is 307 Å².